The maximum Gasteiger partial charge on any atom is 0.260 e. The molecule has 158 valence electrons. The van der Waals surface area contributed by atoms with Gasteiger partial charge < -0.3 is 9.88 Å². The third-order valence-corrected chi connectivity index (χ3v) is 5.49. The zero-order chi connectivity index (χ0) is 22.2. The van der Waals surface area contributed by atoms with Crippen LogP contribution in [0.1, 0.15) is 11.1 Å². The molecule has 0 radical (unpaired) electrons. The number of nitrogens with zero attached hydrogens (tertiary/aromatic N) is 4. The second-order valence-corrected chi connectivity index (χ2v) is 7.79. The van der Waals surface area contributed by atoms with Gasteiger partial charge in [-0.3, -0.25) is 14.6 Å². The summed E-state index contributed by atoms with van der Waals surface area (Å²) in [7, 11) is 0. The Bertz CT molecular complexity index is 1530. The monoisotopic (exact) mass is 423 g/mol. The highest BCUT2D eigenvalue weighted by Gasteiger charge is 2.17. The number of hydrogen-bond donors (Lipinski definition) is 1. The first kappa shape index (κ1) is 19.7. The molecule has 1 N–H and O–H groups in total. The van der Waals surface area contributed by atoms with Crippen LogP contribution in [0.4, 0.5) is 5.69 Å². The quantitative estimate of drug-likeness (QED) is 0.474. The molecule has 5 aromatic rings. The molecule has 7 nitrogen and oxygen atoms in total. The van der Waals surface area contributed by atoms with Crippen LogP contribution < -0.4 is 10.9 Å². The number of aromatic nitrogens is 4. The van der Waals surface area contributed by atoms with E-state index in [1.165, 1.54) is 6.07 Å². The van der Waals surface area contributed by atoms with Crippen LogP contribution in [0.3, 0.4) is 0 Å². The van der Waals surface area contributed by atoms with Gasteiger partial charge in [0.2, 0.25) is 11.7 Å². The molecule has 0 bridgehead atoms. The molecular weight excluding hydrogens is 402 g/mol. The van der Waals surface area contributed by atoms with E-state index in [1.54, 1.807) is 33.5 Å². The van der Waals surface area contributed by atoms with E-state index >= 15 is 0 Å². The maximum atomic E-state index is 13.0. The zero-order valence-corrected chi connectivity index (χ0v) is 17.7. The van der Waals surface area contributed by atoms with Crippen molar-refractivity contribution in [3.8, 4) is 11.3 Å². The van der Waals surface area contributed by atoms with Gasteiger partial charge >= 0.3 is 0 Å². The van der Waals surface area contributed by atoms with Gasteiger partial charge in [-0.1, -0.05) is 29.8 Å². The summed E-state index contributed by atoms with van der Waals surface area (Å²) in [4.78, 5) is 34.8. The average Bonchev–Trinajstić information content (AvgIpc) is 3.10. The minimum atomic E-state index is -0.202. The van der Waals surface area contributed by atoms with E-state index in [9.17, 15) is 9.59 Å². The fourth-order valence-electron chi connectivity index (χ4n) is 3.98. The lowest BCUT2D eigenvalue weighted by Gasteiger charge is -2.11. The molecule has 3 heterocycles. The molecule has 2 aromatic carbocycles. The summed E-state index contributed by atoms with van der Waals surface area (Å²) in [5.41, 5.74) is 5.49. The Morgan fingerprint density at radius 2 is 1.72 bits per heavy atom. The topological polar surface area (TPSA) is 81.3 Å². The minimum Gasteiger partial charge on any atom is -0.324 e. The lowest BCUT2D eigenvalue weighted by molar-refractivity contribution is -0.116. The highest BCUT2D eigenvalue weighted by atomic mass is 16.2. The van der Waals surface area contributed by atoms with E-state index in [4.69, 9.17) is 4.98 Å². The van der Waals surface area contributed by atoms with Crippen molar-refractivity contribution in [2.45, 2.75) is 20.4 Å². The number of imidazole rings is 1. The van der Waals surface area contributed by atoms with Gasteiger partial charge in [0, 0.05) is 29.7 Å². The SMILES string of the molecule is Cc1ccc(NC(=O)Cn2c3ccccc3n3c(=O)cc(-c4ccncc4)nc23)c(C)c1. The second kappa shape index (κ2) is 7.77. The van der Waals surface area contributed by atoms with E-state index in [0.717, 1.165) is 27.9 Å². The summed E-state index contributed by atoms with van der Waals surface area (Å²) < 4.78 is 3.32. The van der Waals surface area contributed by atoms with E-state index in [1.807, 2.05) is 56.3 Å². The van der Waals surface area contributed by atoms with E-state index < -0.39 is 0 Å². The fourth-order valence-corrected chi connectivity index (χ4v) is 3.98. The van der Waals surface area contributed by atoms with E-state index in [-0.39, 0.29) is 18.0 Å². The normalized spacial score (nSPS) is 11.2. The molecule has 0 fully saturated rings. The molecule has 0 spiro atoms. The third-order valence-electron chi connectivity index (χ3n) is 5.49. The number of benzene rings is 2. The number of carbonyl (C=O) groups excluding carboxylic acids is 1. The first-order valence-electron chi connectivity index (χ1n) is 10.3. The predicted octanol–water partition coefficient (Wildman–Crippen LogP) is 3.97. The molecule has 0 aliphatic carbocycles. The number of amides is 1. The van der Waals surface area contributed by atoms with Crippen molar-refractivity contribution in [3.05, 3.63) is 94.5 Å². The minimum absolute atomic E-state index is 0.0244. The summed E-state index contributed by atoms with van der Waals surface area (Å²) in [6, 6.07) is 18.5. The van der Waals surface area contributed by atoms with Crippen LogP contribution in [-0.4, -0.2) is 24.8 Å². The number of para-hydroxylation sites is 2. The van der Waals surface area contributed by atoms with Crippen molar-refractivity contribution in [2.75, 3.05) is 5.32 Å². The van der Waals surface area contributed by atoms with Crippen molar-refractivity contribution in [2.24, 2.45) is 0 Å². The molecule has 0 saturated carbocycles. The highest BCUT2D eigenvalue weighted by Crippen LogP contribution is 2.22. The number of pyridine rings is 1. The van der Waals surface area contributed by atoms with Crippen LogP contribution in [0.5, 0.6) is 0 Å². The molecule has 1 amide bonds. The van der Waals surface area contributed by atoms with Crippen LogP contribution in [0.15, 0.2) is 77.9 Å². The maximum absolute atomic E-state index is 13.0. The Balaban J connectivity index is 1.63. The lowest BCUT2D eigenvalue weighted by Crippen LogP contribution is -2.21. The molecule has 7 heteroatoms. The molecule has 0 aliphatic rings. The van der Waals surface area contributed by atoms with Crippen molar-refractivity contribution < 1.29 is 4.79 Å². The van der Waals surface area contributed by atoms with Crippen molar-refractivity contribution >= 4 is 28.4 Å². The van der Waals surface area contributed by atoms with Gasteiger partial charge in [-0.15, -0.1) is 0 Å². The molecule has 0 aliphatic heterocycles. The predicted molar refractivity (Wildman–Crippen MR) is 125 cm³/mol. The smallest absolute Gasteiger partial charge is 0.260 e. The molecule has 0 atom stereocenters. The number of fused-ring (bicyclic) bond motifs is 3. The van der Waals surface area contributed by atoms with Gasteiger partial charge in [0.1, 0.15) is 6.54 Å². The standard InChI is InChI=1S/C25H21N5O2/c1-16-7-8-19(17(2)13-16)27-23(31)15-29-21-5-3-4-6-22(21)30-24(32)14-20(28-25(29)30)18-9-11-26-12-10-18/h3-14H,15H2,1-2H3,(H,27,31). The van der Waals surface area contributed by atoms with Crippen LogP contribution >= 0.6 is 0 Å². The van der Waals surface area contributed by atoms with Gasteiger partial charge in [-0.05, 0) is 49.7 Å². The van der Waals surface area contributed by atoms with Crippen LogP contribution in [0.25, 0.3) is 28.1 Å². The number of carbonyl (C=O) groups is 1. The number of nitrogens with one attached hydrogen (secondary N) is 1. The first-order valence-corrected chi connectivity index (χ1v) is 10.3. The fraction of sp³-hybridized carbons (Fsp3) is 0.120. The summed E-state index contributed by atoms with van der Waals surface area (Å²) >= 11 is 0. The molecule has 3 aromatic heterocycles. The zero-order valence-electron chi connectivity index (χ0n) is 17.7. The number of rotatable bonds is 4. The molecule has 5 rings (SSSR count). The lowest BCUT2D eigenvalue weighted by atomic mass is 10.1. The summed E-state index contributed by atoms with van der Waals surface area (Å²) in [6.07, 6.45) is 3.32. The van der Waals surface area contributed by atoms with E-state index in [2.05, 4.69) is 10.3 Å². The Morgan fingerprint density at radius 3 is 2.47 bits per heavy atom. The highest BCUT2D eigenvalue weighted by molar-refractivity contribution is 5.93. The summed E-state index contributed by atoms with van der Waals surface area (Å²) in [5, 5.41) is 2.98. The van der Waals surface area contributed by atoms with Gasteiger partial charge in [0.05, 0.1) is 16.7 Å². The molecule has 0 unspecified atom stereocenters. The Hall–Kier alpha value is -4.26. The number of anilines is 1. The average molecular weight is 423 g/mol. The summed E-state index contributed by atoms with van der Waals surface area (Å²) in [6.45, 7) is 4.00. The first-order chi connectivity index (χ1) is 15.5. The Kier molecular flexibility index (Phi) is 4.78. The van der Waals surface area contributed by atoms with Gasteiger partial charge in [0.25, 0.3) is 5.56 Å². The van der Waals surface area contributed by atoms with Crippen LogP contribution in [-0.2, 0) is 11.3 Å². The Morgan fingerprint density at radius 1 is 0.969 bits per heavy atom. The van der Waals surface area contributed by atoms with Crippen LogP contribution in [0.2, 0.25) is 0 Å². The molecule has 32 heavy (non-hydrogen) atoms. The second-order valence-electron chi connectivity index (χ2n) is 7.79. The van der Waals surface area contributed by atoms with Gasteiger partial charge in [-0.2, -0.15) is 0 Å². The van der Waals surface area contributed by atoms with E-state index in [0.29, 0.717) is 17.0 Å². The molecular formula is C25H21N5O2. The summed E-state index contributed by atoms with van der Waals surface area (Å²) in [5.74, 6) is 0.227. The van der Waals surface area contributed by atoms with Crippen molar-refractivity contribution in [1.29, 1.82) is 0 Å². The molecule has 0 saturated heterocycles. The van der Waals surface area contributed by atoms with Crippen molar-refractivity contribution in [1.82, 2.24) is 18.9 Å². The number of aryl methyl sites for hydroxylation is 2. The number of hydrogen-bond acceptors (Lipinski definition) is 4. The van der Waals surface area contributed by atoms with Gasteiger partial charge in [-0.25, -0.2) is 9.38 Å². The van der Waals surface area contributed by atoms with Crippen molar-refractivity contribution in [3.63, 3.8) is 0 Å². The largest absolute Gasteiger partial charge is 0.324 e. The van der Waals surface area contributed by atoms with Crippen LogP contribution in [0, 0.1) is 13.8 Å². The Labute approximate surface area is 184 Å². The van der Waals surface area contributed by atoms with Gasteiger partial charge in [0.15, 0.2) is 0 Å². The third kappa shape index (κ3) is 3.43.